The lowest BCUT2D eigenvalue weighted by Gasteiger charge is -2.31. The topological polar surface area (TPSA) is 67.3 Å². The van der Waals surface area contributed by atoms with E-state index in [1.807, 2.05) is 19.1 Å². The molecule has 1 aliphatic rings. The zero-order valence-electron chi connectivity index (χ0n) is 16.9. The van der Waals surface area contributed by atoms with Crippen molar-refractivity contribution >= 4 is 11.7 Å². The molecule has 2 aromatic rings. The van der Waals surface area contributed by atoms with Crippen molar-refractivity contribution in [2.75, 3.05) is 37.7 Å². The zero-order chi connectivity index (χ0) is 19.8. The summed E-state index contributed by atoms with van der Waals surface area (Å²) in [4.78, 5) is 14.5. The molecule has 0 atom stereocenters. The first-order valence-corrected chi connectivity index (χ1v) is 10.2. The molecule has 0 aliphatic carbocycles. The molecule has 6 heteroatoms. The van der Waals surface area contributed by atoms with Gasteiger partial charge in [-0.25, -0.2) is 0 Å². The number of carbonyl (C=O) groups excluding carboxylic acids is 1. The first kappa shape index (κ1) is 20.3. The van der Waals surface area contributed by atoms with Crippen LogP contribution in [0, 0.1) is 12.8 Å². The van der Waals surface area contributed by atoms with Crippen molar-refractivity contribution in [3.8, 4) is 11.3 Å². The summed E-state index contributed by atoms with van der Waals surface area (Å²) in [6, 6.07) is 12.3. The SMILES string of the molecule is CCOCCCNC(=O)C1CCN(c2ccc(-c3ccc(C)cc3)nn2)CC1. The Hall–Kier alpha value is -2.47. The van der Waals surface area contributed by atoms with Crippen LogP contribution in [0.15, 0.2) is 36.4 Å². The second-order valence-electron chi connectivity index (χ2n) is 7.25. The van der Waals surface area contributed by atoms with Crippen molar-refractivity contribution in [3.63, 3.8) is 0 Å². The Morgan fingerprint density at radius 1 is 1.14 bits per heavy atom. The Morgan fingerprint density at radius 3 is 2.54 bits per heavy atom. The first-order chi connectivity index (χ1) is 13.7. The lowest BCUT2D eigenvalue weighted by atomic mass is 9.96. The summed E-state index contributed by atoms with van der Waals surface area (Å²) >= 11 is 0. The molecule has 1 aliphatic heterocycles. The van der Waals surface area contributed by atoms with Gasteiger partial charge in [0.15, 0.2) is 5.82 Å². The van der Waals surface area contributed by atoms with E-state index in [1.54, 1.807) is 0 Å². The van der Waals surface area contributed by atoms with Gasteiger partial charge >= 0.3 is 0 Å². The maximum absolute atomic E-state index is 12.3. The van der Waals surface area contributed by atoms with Crippen molar-refractivity contribution in [2.24, 2.45) is 5.92 Å². The van der Waals surface area contributed by atoms with Crippen LogP contribution in [0.5, 0.6) is 0 Å². The number of carbonyl (C=O) groups is 1. The largest absolute Gasteiger partial charge is 0.382 e. The number of ether oxygens (including phenoxy) is 1. The van der Waals surface area contributed by atoms with E-state index < -0.39 is 0 Å². The molecule has 0 unspecified atom stereocenters. The number of anilines is 1. The number of hydrogen-bond acceptors (Lipinski definition) is 5. The molecule has 150 valence electrons. The van der Waals surface area contributed by atoms with Gasteiger partial charge in [-0.15, -0.1) is 10.2 Å². The minimum Gasteiger partial charge on any atom is -0.382 e. The smallest absolute Gasteiger partial charge is 0.223 e. The van der Waals surface area contributed by atoms with Crippen molar-refractivity contribution in [1.29, 1.82) is 0 Å². The van der Waals surface area contributed by atoms with Crippen LogP contribution in [0.4, 0.5) is 5.82 Å². The van der Waals surface area contributed by atoms with Gasteiger partial charge in [0.2, 0.25) is 5.91 Å². The molecule has 0 bridgehead atoms. The summed E-state index contributed by atoms with van der Waals surface area (Å²) < 4.78 is 5.29. The van der Waals surface area contributed by atoms with Crippen molar-refractivity contribution < 1.29 is 9.53 Å². The third kappa shape index (κ3) is 5.52. The Kier molecular flexibility index (Phi) is 7.37. The molecule has 0 radical (unpaired) electrons. The lowest BCUT2D eigenvalue weighted by Crippen LogP contribution is -2.41. The van der Waals surface area contributed by atoms with E-state index in [0.717, 1.165) is 56.0 Å². The maximum Gasteiger partial charge on any atom is 0.223 e. The van der Waals surface area contributed by atoms with Crippen molar-refractivity contribution in [1.82, 2.24) is 15.5 Å². The summed E-state index contributed by atoms with van der Waals surface area (Å²) in [6.45, 7) is 7.82. The van der Waals surface area contributed by atoms with E-state index >= 15 is 0 Å². The standard InChI is InChI=1S/C22H30N4O2/c1-3-28-16-4-13-23-22(27)19-11-14-26(15-12-19)21-10-9-20(24-25-21)18-7-5-17(2)6-8-18/h5-10,19H,3-4,11-16H2,1-2H3,(H,23,27). The number of nitrogens with zero attached hydrogens (tertiary/aromatic N) is 3. The number of benzene rings is 1. The van der Waals surface area contributed by atoms with Gasteiger partial charge in [0.25, 0.3) is 0 Å². The molecular weight excluding hydrogens is 352 g/mol. The minimum atomic E-state index is 0.0862. The maximum atomic E-state index is 12.3. The van der Waals surface area contributed by atoms with Crippen LogP contribution in [0.25, 0.3) is 11.3 Å². The van der Waals surface area contributed by atoms with E-state index in [9.17, 15) is 4.79 Å². The third-order valence-electron chi connectivity index (χ3n) is 5.16. The molecule has 1 saturated heterocycles. The molecular formula is C22H30N4O2. The predicted octanol–water partition coefficient (Wildman–Crippen LogP) is 3.21. The summed E-state index contributed by atoms with van der Waals surface area (Å²) in [5, 5.41) is 11.8. The molecule has 28 heavy (non-hydrogen) atoms. The third-order valence-corrected chi connectivity index (χ3v) is 5.16. The lowest BCUT2D eigenvalue weighted by molar-refractivity contribution is -0.125. The molecule has 1 N–H and O–H groups in total. The summed E-state index contributed by atoms with van der Waals surface area (Å²) in [5.41, 5.74) is 3.18. The van der Waals surface area contributed by atoms with Crippen LogP contribution >= 0.6 is 0 Å². The van der Waals surface area contributed by atoms with E-state index in [1.165, 1.54) is 5.56 Å². The Bertz CT molecular complexity index is 738. The highest BCUT2D eigenvalue weighted by atomic mass is 16.5. The van der Waals surface area contributed by atoms with Crippen LogP contribution in [-0.4, -0.2) is 49.0 Å². The van der Waals surface area contributed by atoms with Crippen molar-refractivity contribution in [3.05, 3.63) is 42.0 Å². The van der Waals surface area contributed by atoms with Crippen LogP contribution in [-0.2, 0) is 9.53 Å². The van der Waals surface area contributed by atoms with Crippen LogP contribution in [0.2, 0.25) is 0 Å². The number of rotatable bonds is 8. The molecule has 1 aromatic carbocycles. The minimum absolute atomic E-state index is 0.0862. The van der Waals surface area contributed by atoms with Crippen LogP contribution in [0.3, 0.4) is 0 Å². The molecule has 2 heterocycles. The normalized spacial score (nSPS) is 14.9. The van der Waals surface area contributed by atoms with Crippen molar-refractivity contribution in [2.45, 2.75) is 33.1 Å². The Balaban J connectivity index is 1.47. The van der Waals surface area contributed by atoms with Gasteiger partial charge in [-0.3, -0.25) is 4.79 Å². The van der Waals surface area contributed by atoms with Gasteiger partial charge in [-0.2, -0.15) is 0 Å². The van der Waals surface area contributed by atoms with Crippen LogP contribution in [0.1, 0.15) is 31.7 Å². The average Bonchev–Trinajstić information content (AvgIpc) is 2.74. The summed E-state index contributed by atoms with van der Waals surface area (Å²) in [6.07, 6.45) is 2.55. The fourth-order valence-electron chi connectivity index (χ4n) is 3.42. The average molecular weight is 383 g/mol. The molecule has 0 saturated carbocycles. The monoisotopic (exact) mass is 382 g/mol. The fourth-order valence-corrected chi connectivity index (χ4v) is 3.42. The quantitative estimate of drug-likeness (QED) is 0.710. The number of hydrogen-bond donors (Lipinski definition) is 1. The highest BCUT2D eigenvalue weighted by Crippen LogP contribution is 2.23. The number of piperidine rings is 1. The summed E-state index contributed by atoms with van der Waals surface area (Å²) in [5.74, 6) is 1.13. The zero-order valence-corrected chi connectivity index (χ0v) is 16.9. The second-order valence-corrected chi connectivity index (χ2v) is 7.25. The summed E-state index contributed by atoms with van der Waals surface area (Å²) in [7, 11) is 0. The molecule has 6 nitrogen and oxygen atoms in total. The molecule has 1 amide bonds. The highest BCUT2D eigenvalue weighted by molar-refractivity contribution is 5.78. The molecule has 0 spiro atoms. The van der Waals surface area contributed by atoms with Gasteiger partial charge < -0.3 is 15.0 Å². The molecule has 1 aromatic heterocycles. The fraction of sp³-hybridized carbons (Fsp3) is 0.500. The van der Waals surface area contributed by atoms with E-state index in [-0.39, 0.29) is 11.8 Å². The van der Waals surface area contributed by atoms with Gasteiger partial charge in [-0.1, -0.05) is 29.8 Å². The van der Waals surface area contributed by atoms with E-state index in [4.69, 9.17) is 4.74 Å². The Morgan fingerprint density at radius 2 is 1.89 bits per heavy atom. The van der Waals surface area contributed by atoms with E-state index in [0.29, 0.717) is 13.2 Å². The highest BCUT2D eigenvalue weighted by Gasteiger charge is 2.25. The number of aryl methyl sites for hydroxylation is 1. The predicted molar refractivity (Wildman–Crippen MR) is 111 cm³/mol. The second kappa shape index (κ2) is 10.2. The van der Waals surface area contributed by atoms with Gasteiger partial charge in [-0.05, 0) is 45.2 Å². The van der Waals surface area contributed by atoms with Crippen LogP contribution < -0.4 is 10.2 Å². The van der Waals surface area contributed by atoms with Gasteiger partial charge in [0.05, 0.1) is 5.69 Å². The molecule has 3 rings (SSSR count). The molecule has 1 fully saturated rings. The Labute approximate surface area is 167 Å². The number of aromatic nitrogens is 2. The van der Waals surface area contributed by atoms with E-state index in [2.05, 4.69) is 51.6 Å². The number of amides is 1. The van der Waals surface area contributed by atoms with Gasteiger partial charge in [0, 0.05) is 44.3 Å². The first-order valence-electron chi connectivity index (χ1n) is 10.2. The van der Waals surface area contributed by atoms with Gasteiger partial charge in [0.1, 0.15) is 0 Å². The number of nitrogens with one attached hydrogen (secondary N) is 1.